The molecule has 9 nitrogen and oxygen atoms in total. The molecule has 0 spiro atoms. The van der Waals surface area contributed by atoms with Gasteiger partial charge in [-0.15, -0.1) is 0 Å². The molecule has 1 aromatic heterocycles. The van der Waals surface area contributed by atoms with Crippen LogP contribution in [0.1, 0.15) is 11.4 Å². The first-order valence-corrected chi connectivity index (χ1v) is 9.14. The largest absolute Gasteiger partial charge is 0.293 e. The highest BCUT2D eigenvalue weighted by Gasteiger charge is 2.20. The summed E-state index contributed by atoms with van der Waals surface area (Å²) < 4.78 is 1.14. The van der Waals surface area contributed by atoms with Crippen molar-refractivity contribution < 1.29 is 9.85 Å². The number of nitrogens with zero attached hydrogens (tertiary/aromatic N) is 4. The Kier molecular flexibility index (Phi) is 5.07. The Morgan fingerprint density at radius 1 is 0.774 bits per heavy atom. The van der Waals surface area contributed by atoms with E-state index in [0.717, 1.165) is 4.57 Å². The third-order valence-corrected chi connectivity index (χ3v) is 4.67. The van der Waals surface area contributed by atoms with Gasteiger partial charge < -0.3 is 0 Å². The lowest BCUT2D eigenvalue weighted by molar-refractivity contribution is -0.385. The van der Waals surface area contributed by atoms with Gasteiger partial charge in [0.2, 0.25) is 0 Å². The van der Waals surface area contributed by atoms with Gasteiger partial charge in [-0.25, -0.2) is 4.98 Å². The van der Waals surface area contributed by atoms with Gasteiger partial charge in [0.15, 0.2) is 0 Å². The Bertz CT molecular complexity index is 1430. The molecule has 0 bridgehead atoms. The SMILES string of the molecule is O=c1c2ccccc2nc(C=Cc2ccccc2[N+](=O)[O-])n1-c1ccccc1[N+](=O)[O-]. The van der Waals surface area contributed by atoms with E-state index in [4.69, 9.17) is 0 Å². The fourth-order valence-electron chi connectivity index (χ4n) is 3.26. The maximum absolute atomic E-state index is 13.3. The minimum absolute atomic E-state index is 0.0537. The molecule has 3 aromatic carbocycles. The summed E-state index contributed by atoms with van der Waals surface area (Å²) in [4.78, 5) is 39.5. The number of para-hydroxylation sites is 4. The summed E-state index contributed by atoms with van der Waals surface area (Å²) in [6.07, 6.45) is 2.90. The number of nitro groups is 2. The number of fused-ring (bicyclic) bond motifs is 1. The standard InChI is InChI=1S/C22H14N4O5/c27-22-16-8-2-3-9-17(16)23-21(14-13-15-7-1-4-10-18(15)25(28)29)24(22)19-11-5-6-12-20(19)26(30)31/h1-14H. The van der Waals surface area contributed by atoms with Crippen LogP contribution in [-0.2, 0) is 0 Å². The van der Waals surface area contributed by atoms with Crippen molar-refractivity contribution in [1.82, 2.24) is 9.55 Å². The molecule has 0 radical (unpaired) electrons. The second kappa shape index (κ2) is 7.99. The van der Waals surface area contributed by atoms with Crippen LogP contribution in [0.5, 0.6) is 0 Å². The van der Waals surface area contributed by atoms with Crippen molar-refractivity contribution in [2.75, 3.05) is 0 Å². The van der Waals surface area contributed by atoms with Crippen LogP contribution in [0.25, 0.3) is 28.7 Å². The van der Waals surface area contributed by atoms with Gasteiger partial charge >= 0.3 is 0 Å². The van der Waals surface area contributed by atoms with Crippen molar-refractivity contribution in [3.8, 4) is 5.69 Å². The minimum Gasteiger partial charge on any atom is -0.268 e. The van der Waals surface area contributed by atoms with Crippen molar-refractivity contribution in [2.24, 2.45) is 0 Å². The van der Waals surface area contributed by atoms with E-state index in [2.05, 4.69) is 4.98 Å². The quantitative estimate of drug-likeness (QED) is 0.353. The molecule has 152 valence electrons. The second-order valence-corrected chi connectivity index (χ2v) is 6.52. The van der Waals surface area contributed by atoms with E-state index in [0.29, 0.717) is 16.5 Å². The van der Waals surface area contributed by atoms with Gasteiger partial charge in [0.05, 0.1) is 26.3 Å². The summed E-state index contributed by atoms with van der Waals surface area (Å²) in [5, 5.41) is 23.1. The van der Waals surface area contributed by atoms with E-state index in [1.165, 1.54) is 36.4 Å². The summed E-state index contributed by atoms with van der Waals surface area (Å²) in [6.45, 7) is 0. The Morgan fingerprint density at radius 2 is 1.39 bits per heavy atom. The van der Waals surface area contributed by atoms with Crippen LogP contribution < -0.4 is 5.56 Å². The molecule has 4 aromatic rings. The number of benzene rings is 3. The minimum atomic E-state index is -0.577. The zero-order chi connectivity index (χ0) is 22.0. The molecule has 0 unspecified atom stereocenters. The van der Waals surface area contributed by atoms with Crippen molar-refractivity contribution in [1.29, 1.82) is 0 Å². The van der Waals surface area contributed by atoms with E-state index in [9.17, 15) is 25.0 Å². The zero-order valence-electron chi connectivity index (χ0n) is 15.9. The summed E-state index contributed by atoms with van der Waals surface area (Å²) in [7, 11) is 0. The monoisotopic (exact) mass is 414 g/mol. The molecular weight excluding hydrogens is 400 g/mol. The molecule has 31 heavy (non-hydrogen) atoms. The van der Waals surface area contributed by atoms with Crippen LogP contribution in [0.15, 0.2) is 77.6 Å². The smallest absolute Gasteiger partial charge is 0.268 e. The second-order valence-electron chi connectivity index (χ2n) is 6.52. The summed E-state index contributed by atoms with van der Waals surface area (Å²) in [5.41, 5.74) is -0.0882. The lowest BCUT2D eigenvalue weighted by Crippen LogP contribution is -2.23. The number of hydrogen-bond donors (Lipinski definition) is 0. The Labute approximate surface area is 174 Å². The molecule has 1 heterocycles. The third kappa shape index (κ3) is 3.67. The van der Waals surface area contributed by atoms with Gasteiger partial charge in [0.25, 0.3) is 16.9 Å². The highest BCUT2D eigenvalue weighted by molar-refractivity contribution is 5.81. The average molecular weight is 414 g/mol. The predicted octanol–water partition coefficient (Wildman–Crippen LogP) is 4.37. The van der Waals surface area contributed by atoms with Crippen molar-refractivity contribution >= 4 is 34.4 Å². The Morgan fingerprint density at radius 3 is 2.13 bits per heavy atom. The molecule has 0 aliphatic rings. The first-order chi connectivity index (χ1) is 15.0. The van der Waals surface area contributed by atoms with E-state index < -0.39 is 15.4 Å². The van der Waals surface area contributed by atoms with E-state index in [-0.39, 0.29) is 22.9 Å². The van der Waals surface area contributed by atoms with Crippen LogP contribution in [0, 0.1) is 20.2 Å². The van der Waals surface area contributed by atoms with Crippen LogP contribution in [0.3, 0.4) is 0 Å². The number of rotatable bonds is 5. The molecule has 0 atom stereocenters. The lowest BCUT2D eigenvalue weighted by atomic mass is 10.1. The van der Waals surface area contributed by atoms with Gasteiger partial charge in [-0.05, 0) is 36.4 Å². The van der Waals surface area contributed by atoms with Crippen molar-refractivity contribution in [3.05, 3.63) is 115 Å². The molecule has 0 saturated heterocycles. The highest BCUT2D eigenvalue weighted by atomic mass is 16.6. The Hall–Kier alpha value is -4.66. The fraction of sp³-hybridized carbons (Fsp3) is 0. The maximum Gasteiger partial charge on any atom is 0.293 e. The summed E-state index contributed by atoms with van der Waals surface area (Å²) >= 11 is 0. The average Bonchev–Trinajstić information content (AvgIpc) is 2.78. The maximum atomic E-state index is 13.3. The molecule has 0 aliphatic heterocycles. The van der Waals surface area contributed by atoms with Crippen molar-refractivity contribution in [3.63, 3.8) is 0 Å². The molecule has 0 fully saturated rings. The Balaban J connectivity index is 2.00. The van der Waals surface area contributed by atoms with Gasteiger partial charge in [0.1, 0.15) is 11.5 Å². The van der Waals surface area contributed by atoms with Crippen LogP contribution in [0.2, 0.25) is 0 Å². The third-order valence-electron chi connectivity index (χ3n) is 4.67. The summed E-state index contributed by atoms with van der Waals surface area (Å²) in [5.74, 6) is 0.108. The zero-order valence-corrected chi connectivity index (χ0v) is 15.9. The molecule has 9 heteroatoms. The van der Waals surface area contributed by atoms with Crippen LogP contribution in [-0.4, -0.2) is 19.4 Å². The number of aromatic nitrogens is 2. The number of hydrogen-bond acceptors (Lipinski definition) is 6. The first kappa shape index (κ1) is 19.6. The lowest BCUT2D eigenvalue weighted by Gasteiger charge is -2.11. The molecular formula is C22H14N4O5. The first-order valence-electron chi connectivity index (χ1n) is 9.14. The fourth-order valence-corrected chi connectivity index (χ4v) is 3.26. The molecule has 0 N–H and O–H groups in total. The number of nitro benzene ring substituents is 2. The normalized spacial score (nSPS) is 11.1. The van der Waals surface area contributed by atoms with Crippen LogP contribution >= 0.6 is 0 Å². The summed E-state index contributed by atoms with van der Waals surface area (Å²) in [6, 6.07) is 18.6. The van der Waals surface area contributed by atoms with E-state index in [1.807, 2.05) is 0 Å². The van der Waals surface area contributed by atoms with Crippen LogP contribution in [0.4, 0.5) is 11.4 Å². The van der Waals surface area contributed by atoms with Crippen molar-refractivity contribution in [2.45, 2.75) is 0 Å². The van der Waals surface area contributed by atoms with Gasteiger partial charge in [0, 0.05) is 12.1 Å². The van der Waals surface area contributed by atoms with Gasteiger partial charge in [-0.2, -0.15) is 0 Å². The molecule has 0 amide bonds. The van der Waals surface area contributed by atoms with Gasteiger partial charge in [-0.3, -0.25) is 29.6 Å². The molecule has 4 rings (SSSR count). The topological polar surface area (TPSA) is 121 Å². The van der Waals surface area contributed by atoms with E-state index >= 15 is 0 Å². The molecule has 0 aliphatic carbocycles. The molecule has 0 saturated carbocycles. The highest BCUT2D eigenvalue weighted by Crippen LogP contribution is 2.25. The van der Waals surface area contributed by atoms with E-state index in [1.54, 1.807) is 48.5 Å². The van der Waals surface area contributed by atoms with Gasteiger partial charge in [-0.1, -0.05) is 36.4 Å². The predicted molar refractivity (Wildman–Crippen MR) is 116 cm³/mol.